The van der Waals surface area contributed by atoms with E-state index < -0.39 is 12.2 Å². The third kappa shape index (κ3) is 6.22. The number of aryl methyl sites for hydroxylation is 1. The molecule has 0 amide bonds. The highest BCUT2D eigenvalue weighted by Crippen LogP contribution is 2.27. The highest BCUT2D eigenvalue weighted by molar-refractivity contribution is 5.43. The number of aliphatic hydroxyl groups is 3. The largest absolute Gasteiger partial charge is 0.491 e. The van der Waals surface area contributed by atoms with Crippen molar-refractivity contribution in [3.63, 3.8) is 0 Å². The fourth-order valence-electron chi connectivity index (χ4n) is 2.28. The standard InChI is InChI=1S/C20H26O6/c1-14-5-3-6-18(9-14)24-12-17(23)13-26-20-8-4-7-19(15(20)2)25-11-16(22)10-21/h3-9,16-17,21-23H,10-13H2,1-2H3. The van der Waals surface area contributed by atoms with Gasteiger partial charge in [0.2, 0.25) is 0 Å². The summed E-state index contributed by atoms with van der Waals surface area (Å²) in [5.74, 6) is 1.84. The van der Waals surface area contributed by atoms with Gasteiger partial charge >= 0.3 is 0 Å². The summed E-state index contributed by atoms with van der Waals surface area (Å²) in [6.45, 7) is 3.64. The average molecular weight is 362 g/mol. The zero-order chi connectivity index (χ0) is 18.9. The maximum atomic E-state index is 10.1. The molecule has 2 aromatic rings. The fraction of sp³-hybridized carbons (Fsp3) is 0.400. The molecule has 6 nitrogen and oxygen atoms in total. The van der Waals surface area contributed by atoms with Crippen molar-refractivity contribution >= 4 is 0 Å². The molecule has 0 spiro atoms. The minimum atomic E-state index is -0.931. The molecule has 26 heavy (non-hydrogen) atoms. The van der Waals surface area contributed by atoms with E-state index in [1.165, 1.54) is 0 Å². The highest BCUT2D eigenvalue weighted by Gasteiger charge is 2.11. The Hall–Kier alpha value is -2.28. The number of benzene rings is 2. The summed E-state index contributed by atoms with van der Waals surface area (Å²) >= 11 is 0. The molecule has 0 aliphatic carbocycles. The summed E-state index contributed by atoms with van der Waals surface area (Å²) in [6.07, 6.45) is -1.71. The van der Waals surface area contributed by atoms with Crippen LogP contribution >= 0.6 is 0 Å². The maximum absolute atomic E-state index is 10.1. The van der Waals surface area contributed by atoms with Gasteiger partial charge in [-0.2, -0.15) is 0 Å². The van der Waals surface area contributed by atoms with Crippen molar-refractivity contribution in [3.8, 4) is 17.2 Å². The van der Waals surface area contributed by atoms with Gasteiger partial charge in [0.1, 0.15) is 49.3 Å². The van der Waals surface area contributed by atoms with Crippen molar-refractivity contribution in [3.05, 3.63) is 53.6 Å². The van der Waals surface area contributed by atoms with Crippen LogP contribution in [-0.2, 0) is 0 Å². The van der Waals surface area contributed by atoms with Crippen molar-refractivity contribution in [2.24, 2.45) is 0 Å². The number of hydrogen-bond donors (Lipinski definition) is 3. The van der Waals surface area contributed by atoms with Crippen LogP contribution in [0.5, 0.6) is 17.2 Å². The quantitative estimate of drug-likeness (QED) is 0.598. The Morgan fingerprint density at radius 3 is 2.00 bits per heavy atom. The summed E-state index contributed by atoms with van der Waals surface area (Å²) in [6, 6.07) is 12.9. The van der Waals surface area contributed by atoms with E-state index in [0.717, 1.165) is 11.1 Å². The SMILES string of the molecule is Cc1cccc(OCC(O)COc2cccc(OCC(O)CO)c2C)c1. The van der Waals surface area contributed by atoms with E-state index in [0.29, 0.717) is 17.2 Å². The normalized spacial score (nSPS) is 13.1. The van der Waals surface area contributed by atoms with Crippen LogP contribution in [0.1, 0.15) is 11.1 Å². The summed E-state index contributed by atoms with van der Waals surface area (Å²) in [4.78, 5) is 0. The zero-order valence-electron chi connectivity index (χ0n) is 15.1. The molecule has 0 aromatic heterocycles. The minimum absolute atomic E-state index is 0.00620. The van der Waals surface area contributed by atoms with Gasteiger partial charge in [-0.25, -0.2) is 0 Å². The molecule has 0 fully saturated rings. The van der Waals surface area contributed by atoms with E-state index in [4.69, 9.17) is 19.3 Å². The Kier molecular flexibility index (Phi) is 7.72. The zero-order valence-corrected chi connectivity index (χ0v) is 15.1. The van der Waals surface area contributed by atoms with Crippen LogP contribution in [0.4, 0.5) is 0 Å². The molecule has 0 saturated carbocycles. The first-order chi connectivity index (χ1) is 12.5. The first-order valence-corrected chi connectivity index (χ1v) is 8.51. The van der Waals surface area contributed by atoms with Gasteiger partial charge in [0.15, 0.2) is 0 Å². The molecule has 2 aromatic carbocycles. The number of aliphatic hydroxyl groups excluding tert-OH is 3. The van der Waals surface area contributed by atoms with E-state index in [2.05, 4.69) is 0 Å². The van der Waals surface area contributed by atoms with Gasteiger partial charge in [0.05, 0.1) is 6.61 Å². The van der Waals surface area contributed by atoms with Gasteiger partial charge < -0.3 is 29.5 Å². The predicted octanol–water partition coefficient (Wildman–Crippen LogP) is 1.85. The van der Waals surface area contributed by atoms with Gasteiger partial charge in [-0.3, -0.25) is 0 Å². The Balaban J connectivity index is 1.84. The van der Waals surface area contributed by atoms with Crippen LogP contribution < -0.4 is 14.2 Å². The van der Waals surface area contributed by atoms with Crippen LogP contribution in [0.3, 0.4) is 0 Å². The van der Waals surface area contributed by atoms with Crippen LogP contribution in [0.15, 0.2) is 42.5 Å². The Morgan fingerprint density at radius 2 is 1.38 bits per heavy atom. The third-order valence-corrected chi connectivity index (χ3v) is 3.74. The maximum Gasteiger partial charge on any atom is 0.126 e. The van der Waals surface area contributed by atoms with E-state index in [9.17, 15) is 10.2 Å². The van der Waals surface area contributed by atoms with E-state index in [1.54, 1.807) is 18.2 Å². The minimum Gasteiger partial charge on any atom is -0.491 e. The molecule has 142 valence electrons. The molecular formula is C20H26O6. The molecule has 0 radical (unpaired) electrons. The smallest absolute Gasteiger partial charge is 0.126 e. The molecule has 0 aliphatic heterocycles. The lowest BCUT2D eigenvalue weighted by Gasteiger charge is -2.17. The Bertz CT molecular complexity index is 688. The van der Waals surface area contributed by atoms with E-state index in [1.807, 2.05) is 38.1 Å². The molecule has 3 N–H and O–H groups in total. The monoisotopic (exact) mass is 362 g/mol. The summed E-state index contributed by atoms with van der Waals surface area (Å²) in [5, 5.41) is 28.3. The van der Waals surface area contributed by atoms with Crippen LogP contribution in [0, 0.1) is 13.8 Å². The van der Waals surface area contributed by atoms with E-state index in [-0.39, 0.29) is 26.4 Å². The number of ether oxygens (including phenoxy) is 3. The van der Waals surface area contributed by atoms with Crippen molar-refractivity contribution < 1.29 is 29.5 Å². The summed E-state index contributed by atoms with van der Waals surface area (Å²) < 4.78 is 16.7. The second-order valence-electron chi connectivity index (χ2n) is 6.12. The Morgan fingerprint density at radius 1 is 0.808 bits per heavy atom. The average Bonchev–Trinajstić information content (AvgIpc) is 2.64. The van der Waals surface area contributed by atoms with Crippen LogP contribution in [0.2, 0.25) is 0 Å². The second-order valence-corrected chi connectivity index (χ2v) is 6.12. The lowest BCUT2D eigenvalue weighted by molar-refractivity contribution is 0.0526. The number of hydrogen-bond acceptors (Lipinski definition) is 6. The lowest BCUT2D eigenvalue weighted by atomic mass is 10.2. The first kappa shape index (κ1) is 20.0. The Labute approximate surface area is 153 Å². The fourth-order valence-corrected chi connectivity index (χ4v) is 2.28. The van der Waals surface area contributed by atoms with Gasteiger partial charge in [0.25, 0.3) is 0 Å². The molecule has 6 heteroatoms. The predicted molar refractivity (Wildman–Crippen MR) is 97.9 cm³/mol. The second kappa shape index (κ2) is 10.0. The lowest BCUT2D eigenvalue weighted by Crippen LogP contribution is -2.25. The molecule has 0 heterocycles. The van der Waals surface area contributed by atoms with Gasteiger partial charge in [-0.05, 0) is 43.7 Å². The van der Waals surface area contributed by atoms with Gasteiger partial charge in [0, 0.05) is 5.56 Å². The third-order valence-electron chi connectivity index (χ3n) is 3.74. The van der Waals surface area contributed by atoms with E-state index >= 15 is 0 Å². The van der Waals surface area contributed by atoms with Gasteiger partial charge in [-0.1, -0.05) is 18.2 Å². The van der Waals surface area contributed by atoms with Crippen molar-refractivity contribution in [1.82, 2.24) is 0 Å². The molecule has 0 aliphatic rings. The molecule has 2 rings (SSSR count). The van der Waals surface area contributed by atoms with Gasteiger partial charge in [-0.15, -0.1) is 0 Å². The number of rotatable bonds is 10. The summed E-state index contributed by atoms with van der Waals surface area (Å²) in [7, 11) is 0. The van der Waals surface area contributed by atoms with Crippen LogP contribution in [-0.4, -0.2) is 54.0 Å². The first-order valence-electron chi connectivity index (χ1n) is 8.51. The van der Waals surface area contributed by atoms with Crippen molar-refractivity contribution in [2.75, 3.05) is 26.4 Å². The van der Waals surface area contributed by atoms with Crippen molar-refractivity contribution in [2.45, 2.75) is 26.1 Å². The highest BCUT2D eigenvalue weighted by atomic mass is 16.5. The summed E-state index contributed by atoms with van der Waals surface area (Å²) in [5.41, 5.74) is 1.84. The molecule has 2 unspecified atom stereocenters. The topological polar surface area (TPSA) is 88.4 Å². The molecule has 0 bridgehead atoms. The molecular weight excluding hydrogens is 336 g/mol. The van der Waals surface area contributed by atoms with Crippen LogP contribution in [0.25, 0.3) is 0 Å². The van der Waals surface area contributed by atoms with Crippen molar-refractivity contribution in [1.29, 1.82) is 0 Å². The molecule has 2 atom stereocenters. The molecule has 0 saturated heterocycles.